The number of aromatic nitrogens is 2. The highest BCUT2D eigenvalue weighted by Gasteiger charge is 2.14. The first-order chi connectivity index (χ1) is 6.09. The van der Waals surface area contributed by atoms with Gasteiger partial charge in [-0.3, -0.25) is 0 Å². The average molecular weight is 191 g/mol. The smallest absolute Gasteiger partial charge is 0.253 e. The van der Waals surface area contributed by atoms with Crippen LogP contribution in [0.15, 0.2) is 4.52 Å². The Labute approximate surface area is 74.3 Å². The molecule has 1 atom stereocenters. The summed E-state index contributed by atoms with van der Waals surface area (Å²) in [5.41, 5.74) is 0. The molecule has 74 valence electrons. The molecule has 13 heavy (non-hydrogen) atoms. The zero-order chi connectivity index (χ0) is 9.84. The molecule has 1 rings (SSSR count). The van der Waals surface area contributed by atoms with E-state index >= 15 is 0 Å². The normalized spacial score (nSPS) is 13.6. The Balaban J connectivity index is 2.35. The predicted molar refractivity (Wildman–Crippen MR) is 41.3 cm³/mol. The lowest BCUT2D eigenvalue weighted by molar-refractivity contribution is 0.104. The summed E-state index contributed by atoms with van der Waals surface area (Å²) < 4.78 is 28.7. The molecule has 0 aliphatic rings. The molecule has 1 unspecified atom stereocenters. The van der Waals surface area contributed by atoms with E-state index in [-0.39, 0.29) is 6.54 Å². The molecule has 0 aliphatic heterocycles. The lowest BCUT2D eigenvalue weighted by atomic mass is 10.3. The third kappa shape index (κ3) is 3.06. The van der Waals surface area contributed by atoms with Crippen molar-refractivity contribution in [3.63, 3.8) is 0 Å². The van der Waals surface area contributed by atoms with Crippen LogP contribution in [0, 0.1) is 6.92 Å². The highest BCUT2D eigenvalue weighted by atomic mass is 19.3. The van der Waals surface area contributed by atoms with Gasteiger partial charge in [0, 0.05) is 0 Å². The Bertz CT molecular complexity index is 264. The number of alkyl halides is 2. The van der Waals surface area contributed by atoms with Crippen molar-refractivity contribution in [3.05, 3.63) is 11.7 Å². The highest BCUT2D eigenvalue weighted by molar-refractivity contribution is 4.82. The summed E-state index contributed by atoms with van der Waals surface area (Å²) >= 11 is 0. The average Bonchev–Trinajstić information content (AvgIpc) is 2.47. The first-order valence-corrected chi connectivity index (χ1v) is 3.90. The van der Waals surface area contributed by atoms with Gasteiger partial charge in [0.2, 0.25) is 5.89 Å². The van der Waals surface area contributed by atoms with Gasteiger partial charge < -0.3 is 9.84 Å². The van der Waals surface area contributed by atoms with Crippen LogP contribution in [0.1, 0.15) is 18.6 Å². The molecule has 0 saturated heterocycles. The minimum absolute atomic E-state index is 0.173. The van der Waals surface area contributed by atoms with Crippen LogP contribution in [0.25, 0.3) is 0 Å². The second kappa shape index (κ2) is 4.27. The molecule has 0 radical (unpaired) electrons. The standard InChI is InChI=1S/C7H11F2N3O/c1-4(7(8)9)10-3-6-11-5(2)12-13-6/h4,7,10H,3H2,1-2H3. The first kappa shape index (κ1) is 10.0. The molecule has 1 N–H and O–H groups in total. The third-order valence-corrected chi connectivity index (χ3v) is 1.52. The SMILES string of the molecule is Cc1noc(CNC(C)C(F)F)n1. The fourth-order valence-corrected chi connectivity index (χ4v) is 0.749. The Kier molecular flexibility index (Phi) is 3.30. The molecule has 0 spiro atoms. The molecule has 0 saturated carbocycles. The Morgan fingerprint density at radius 1 is 1.54 bits per heavy atom. The quantitative estimate of drug-likeness (QED) is 0.774. The summed E-state index contributed by atoms with van der Waals surface area (Å²) in [6, 6.07) is -0.868. The maximum Gasteiger partial charge on any atom is 0.253 e. The van der Waals surface area contributed by atoms with Gasteiger partial charge in [0.25, 0.3) is 6.43 Å². The molecule has 0 bridgehead atoms. The number of nitrogens with zero attached hydrogens (tertiary/aromatic N) is 2. The van der Waals surface area contributed by atoms with E-state index in [9.17, 15) is 8.78 Å². The lowest BCUT2D eigenvalue weighted by Gasteiger charge is -2.09. The van der Waals surface area contributed by atoms with Gasteiger partial charge in [-0.2, -0.15) is 4.98 Å². The number of hydrogen-bond donors (Lipinski definition) is 1. The third-order valence-electron chi connectivity index (χ3n) is 1.52. The fourth-order valence-electron chi connectivity index (χ4n) is 0.749. The second-order valence-corrected chi connectivity index (χ2v) is 2.74. The summed E-state index contributed by atoms with van der Waals surface area (Å²) in [6.45, 7) is 3.24. The van der Waals surface area contributed by atoms with Crippen LogP contribution in [0.2, 0.25) is 0 Å². The largest absolute Gasteiger partial charge is 0.338 e. The van der Waals surface area contributed by atoms with Crippen molar-refractivity contribution in [2.75, 3.05) is 0 Å². The number of rotatable bonds is 4. The second-order valence-electron chi connectivity index (χ2n) is 2.74. The van der Waals surface area contributed by atoms with Crippen molar-refractivity contribution in [2.45, 2.75) is 32.9 Å². The fraction of sp³-hybridized carbons (Fsp3) is 0.714. The van der Waals surface area contributed by atoms with Crippen LogP contribution < -0.4 is 5.32 Å². The monoisotopic (exact) mass is 191 g/mol. The maximum absolute atomic E-state index is 12.0. The van der Waals surface area contributed by atoms with Crippen molar-refractivity contribution in [1.82, 2.24) is 15.5 Å². The van der Waals surface area contributed by atoms with Crippen LogP contribution >= 0.6 is 0 Å². The van der Waals surface area contributed by atoms with Crippen LogP contribution in [0.3, 0.4) is 0 Å². The van der Waals surface area contributed by atoms with Gasteiger partial charge in [0.1, 0.15) is 0 Å². The Morgan fingerprint density at radius 3 is 2.69 bits per heavy atom. The van der Waals surface area contributed by atoms with Gasteiger partial charge in [-0.1, -0.05) is 5.16 Å². The minimum Gasteiger partial charge on any atom is -0.338 e. The molecule has 1 heterocycles. The summed E-state index contributed by atoms with van der Waals surface area (Å²) in [6.07, 6.45) is -2.39. The van der Waals surface area contributed by atoms with E-state index in [2.05, 4.69) is 15.5 Å². The summed E-state index contributed by atoms with van der Waals surface area (Å²) in [5, 5.41) is 6.09. The first-order valence-electron chi connectivity index (χ1n) is 3.90. The molecule has 0 amide bonds. The zero-order valence-electron chi connectivity index (χ0n) is 7.42. The van der Waals surface area contributed by atoms with E-state index < -0.39 is 12.5 Å². The Morgan fingerprint density at radius 2 is 2.23 bits per heavy atom. The van der Waals surface area contributed by atoms with E-state index in [0.29, 0.717) is 11.7 Å². The van der Waals surface area contributed by atoms with Gasteiger partial charge in [-0.25, -0.2) is 8.78 Å². The van der Waals surface area contributed by atoms with Gasteiger partial charge in [0.05, 0.1) is 12.6 Å². The maximum atomic E-state index is 12.0. The van der Waals surface area contributed by atoms with Gasteiger partial charge in [-0.05, 0) is 13.8 Å². The lowest BCUT2D eigenvalue weighted by Crippen LogP contribution is -2.32. The van der Waals surface area contributed by atoms with E-state index in [1.165, 1.54) is 6.92 Å². The number of nitrogens with one attached hydrogen (secondary N) is 1. The summed E-state index contributed by atoms with van der Waals surface area (Å²) in [7, 11) is 0. The molecule has 6 heteroatoms. The van der Waals surface area contributed by atoms with Gasteiger partial charge in [-0.15, -0.1) is 0 Å². The van der Waals surface area contributed by atoms with Crippen LogP contribution in [0.5, 0.6) is 0 Å². The molecule has 1 aromatic rings. The minimum atomic E-state index is -2.39. The Hall–Kier alpha value is -1.04. The van der Waals surface area contributed by atoms with E-state index in [1.54, 1.807) is 6.92 Å². The molecule has 4 nitrogen and oxygen atoms in total. The molecular formula is C7H11F2N3O. The number of hydrogen-bond acceptors (Lipinski definition) is 4. The highest BCUT2D eigenvalue weighted by Crippen LogP contribution is 2.01. The molecule has 0 aromatic carbocycles. The number of halogens is 2. The summed E-state index contributed by atoms with van der Waals surface area (Å²) in [4.78, 5) is 3.86. The zero-order valence-corrected chi connectivity index (χ0v) is 7.42. The van der Waals surface area contributed by atoms with Crippen LogP contribution in [-0.2, 0) is 6.54 Å². The van der Waals surface area contributed by atoms with Crippen molar-refractivity contribution < 1.29 is 13.3 Å². The van der Waals surface area contributed by atoms with Crippen molar-refractivity contribution in [1.29, 1.82) is 0 Å². The van der Waals surface area contributed by atoms with E-state index in [1.807, 2.05) is 0 Å². The van der Waals surface area contributed by atoms with Crippen molar-refractivity contribution in [2.24, 2.45) is 0 Å². The van der Waals surface area contributed by atoms with E-state index in [0.717, 1.165) is 0 Å². The van der Waals surface area contributed by atoms with Crippen molar-refractivity contribution in [3.8, 4) is 0 Å². The van der Waals surface area contributed by atoms with Gasteiger partial charge >= 0.3 is 0 Å². The molecular weight excluding hydrogens is 180 g/mol. The van der Waals surface area contributed by atoms with Gasteiger partial charge in [0.15, 0.2) is 5.82 Å². The topological polar surface area (TPSA) is 51.0 Å². The summed E-state index contributed by atoms with van der Waals surface area (Å²) in [5.74, 6) is 0.825. The van der Waals surface area contributed by atoms with Crippen LogP contribution in [-0.4, -0.2) is 22.6 Å². The van der Waals surface area contributed by atoms with Crippen molar-refractivity contribution >= 4 is 0 Å². The van der Waals surface area contributed by atoms with Crippen LogP contribution in [0.4, 0.5) is 8.78 Å². The molecule has 0 fully saturated rings. The molecule has 0 aliphatic carbocycles. The van der Waals surface area contributed by atoms with E-state index in [4.69, 9.17) is 4.52 Å². The molecule has 1 aromatic heterocycles. The predicted octanol–water partition coefficient (Wildman–Crippen LogP) is 1.12. The number of aryl methyl sites for hydroxylation is 1.